The molecule has 1 aromatic rings. The Morgan fingerprint density at radius 2 is 1.78 bits per heavy atom. The highest BCUT2D eigenvalue weighted by Gasteiger charge is 2.42. The highest BCUT2D eigenvalue weighted by Crippen LogP contribution is 2.36. The smallest absolute Gasteiger partial charge is 0.236 e. The van der Waals surface area contributed by atoms with Crippen molar-refractivity contribution in [1.29, 1.82) is 0 Å². The van der Waals surface area contributed by atoms with E-state index in [0.29, 0.717) is 38.9 Å². The number of ether oxygens (including phenoxy) is 1. The number of fused-ring (bicyclic) bond motifs is 3. The summed E-state index contributed by atoms with van der Waals surface area (Å²) >= 11 is 0. The number of nitrogens with one attached hydrogen (secondary N) is 1. The van der Waals surface area contributed by atoms with E-state index in [4.69, 9.17) is 4.74 Å². The third-order valence-electron chi connectivity index (χ3n) is 7.72. The lowest BCUT2D eigenvalue weighted by Crippen LogP contribution is -2.62. The largest absolute Gasteiger partial charge is 0.378 e. The molecular weight excluding hydrogens is 404 g/mol. The average molecular weight is 441 g/mol. The van der Waals surface area contributed by atoms with Crippen molar-refractivity contribution in [3.05, 3.63) is 29.8 Å². The number of benzene rings is 1. The van der Waals surface area contributed by atoms with Gasteiger partial charge in [-0.3, -0.25) is 14.5 Å². The third-order valence-corrected chi connectivity index (χ3v) is 7.72. The molecule has 3 aliphatic heterocycles. The van der Waals surface area contributed by atoms with Gasteiger partial charge in [-0.1, -0.05) is 37.5 Å². The van der Waals surface area contributed by atoms with E-state index in [1.54, 1.807) is 0 Å². The quantitative estimate of drug-likeness (QED) is 0.772. The summed E-state index contributed by atoms with van der Waals surface area (Å²) < 4.78 is 5.39. The van der Waals surface area contributed by atoms with Crippen LogP contribution in [-0.2, 0) is 20.7 Å². The average Bonchev–Trinajstić information content (AvgIpc) is 2.84. The predicted octanol–water partition coefficient (Wildman–Crippen LogP) is 1.66. The maximum Gasteiger partial charge on any atom is 0.236 e. The van der Waals surface area contributed by atoms with Crippen LogP contribution >= 0.6 is 0 Å². The molecule has 0 bridgehead atoms. The van der Waals surface area contributed by atoms with Gasteiger partial charge in [0.15, 0.2) is 0 Å². The van der Waals surface area contributed by atoms with Crippen molar-refractivity contribution in [3.63, 3.8) is 0 Å². The van der Waals surface area contributed by atoms with E-state index in [0.717, 1.165) is 38.9 Å². The maximum absolute atomic E-state index is 13.5. The molecule has 7 heteroatoms. The minimum absolute atomic E-state index is 0.0758. The number of nitrogens with zero attached hydrogens (tertiary/aromatic N) is 3. The topological polar surface area (TPSA) is 65.1 Å². The number of amides is 2. The van der Waals surface area contributed by atoms with Crippen LogP contribution in [0.5, 0.6) is 0 Å². The number of carbonyl (C=O) groups excluding carboxylic acids is 2. The van der Waals surface area contributed by atoms with E-state index >= 15 is 0 Å². The molecule has 0 spiro atoms. The Labute approximate surface area is 191 Å². The van der Waals surface area contributed by atoms with Gasteiger partial charge in [0.25, 0.3) is 0 Å². The number of hydrogen-bond acceptors (Lipinski definition) is 5. The number of rotatable bonds is 4. The van der Waals surface area contributed by atoms with Gasteiger partial charge in [-0.05, 0) is 30.9 Å². The summed E-state index contributed by atoms with van der Waals surface area (Å²) in [6.07, 6.45) is 6.69. The van der Waals surface area contributed by atoms with Crippen LogP contribution in [-0.4, -0.2) is 86.2 Å². The number of hydrogen-bond donors (Lipinski definition) is 1. The van der Waals surface area contributed by atoms with Crippen LogP contribution in [0.15, 0.2) is 24.3 Å². The first-order chi connectivity index (χ1) is 15.7. The first-order valence-electron chi connectivity index (χ1n) is 12.4. The molecule has 1 aliphatic carbocycles. The van der Waals surface area contributed by atoms with Gasteiger partial charge in [-0.2, -0.15) is 0 Å². The Balaban J connectivity index is 1.30. The Kier molecular flexibility index (Phi) is 6.64. The molecule has 0 unspecified atom stereocenters. The zero-order chi connectivity index (χ0) is 21.9. The van der Waals surface area contributed by atoms with Crippen LogP contribution in [0.2, 0.25) is 0 Å². The molecule has 1 saturated carbocycles. The van der Waals surface area contributed by atoms with Crippen LogP contribution in [0, 0.1) is 5.92 Å². The molecule has 174 valence electrons. The minimum atomic E-state index is -0.0758. The standard InChI is InChI=1S/C25H36N4O3/c30-24(28-12-14-32-15-13-28)18-27-10-11-29-22-9-5-4-6-19(22)16-21(23(29)17-27)25(31)26-20-7-2-1-3-8-20/h4-6,9,20-21,23H,1-3,7-8,10-18H2,(H,26,31)/t21-,23-/m0/s1. The van der Waals surface area contributed by atoms with Gasteiger partial charge in [0.2, 0.25) is 11.8 Å². The van der Waals surface area contributed by atoms with Crippen LogP contribution in [0.4, 0.5) is 5.69 Å². The summed E-state index contributed by atoms with van der Waals surface area (Å²) in [5.41, 5.74) is 2.53. The molecule has 4 aliphatic rings. The van der Waals surface area contributed by atoms with Crippen molar-refractivity contribution >= 4 is 17.5 Å². The van der Waals surface area contributed by atoms with E-state index in [-0.39, 0.29) is 23.8 Å². The molecule has 1 N–H and O–H groups in total. The Morgan fingerprint density at radius 3 is 2.59 bits per heavy atom. The highest BCUT2D eigenvalue weighted by molar-refractivity contribution is 5.82. The molecule has 32 heavy (non-hydrogen) atoms. The first-order valence-corrected chi connectivity index (χ1v) is 12.4. The molecule has 7 nitrogen and oxygen atoms in total. The second-order valence-corrected chi connectivity index (χ2v) is 9.77. The van der Waals surface area contributed by atoms with Crippen molar-refractivity contribution in [2.75, 3.05) is 57.4 Å². The summed E-state index contributed by atoms with van der Waals surface area (Å²) in [6, 6.07) is 8.95. The molecule has 1 aromatic carbocycles. The number of carbonyl (C=O) groups is 2. The van der Waals surface area contributed by atoms with Gasteiger partial charge in [0, 0.05) is 44.5 Å². The Bertz CT molecular complexity index is 819. The highest BCUT2D eigenvalue weighted by atomic mass is 16.5. The fraction of sp³-hybridized carbons (Fsp3) is 0.680. The van der Waals surface area contributed by atoms with Gasteiger partial charge in [-0.15, -0.1) is 0 Å². The molecule has 2 atom stereocenters. The van der Waals surface area contributed by atoms with Gasteiger partial charge in [0.1, 0.15) is 0 Å². The first kappa shape index (κ1) is 21.7. The zero-order valence-corrected chi connectivity index (χ0v) is 19.0. The van der Waals surface area contributed by atoms with Crippen LogP contribution in [0.3, 0.4) is 0 Å². The lowest BCUT2D eigenvalue weighted by molar-refractivity contribution is -0.136. The fourth-order valence-corrected chi connectivity index (χ4v) is 5.92. The summed E-state index contributed by atoms with van der Waals surface area (Å²) in [6.45, 7) is 5.51. The molecule has 5 rings (SSSR count). The van der Waals surface area contributed by atoms with Crippen molar-refractivity contribution in [2.45, 2.75) is 50.6 Å². The second-order valence-electron chi connectivity index (χ2n) is 9.77. The van der Waals surface area contributed by atoms with Crippen molar-refractivity contribution < 1.29 is 14.3 Å². The van der Waals surface area contributed by atoms with Crippen LogP contribution in [0.1, 0.15) is 37.7 Å². The van der Waals surface area contributed by atoms with Crippen LogP contribution < -0.4 is 10.2 Å². The Hall–Kier alpha value is -2.12. The van der Waals surface area contributed by atoms with E-state index in [9.17, 15) is 9.59 Å². The van der Waals surface area contributed by atoms with E-state index in [1.165, 1.54) is 30.5 Å². The number of piperazine rings is 1. The predicted molar refractivity (Wildman–Crippen MR) is 124 cm³/mol. The molecule has 2 amide bonds. The maximum atomic E-state index is 13.5. The molecular formula is C25H36N4O3. The molecule has 0 aromatic heterocycles. The number of morpholine rings is 1. The summed E-state index contributed by atoms with van der Waals surface area (Å²) in [7, 11) is 0. The van der Waals surface area contributed by atoms with Gasteiger partial charge in [0.05, 0.1) is 31.7 Å². The Morgan fingerprint density at radius 1 is 1.00 bits per heavy atom. The molecule has 3 heterocycles. The van der Waals surface area contributed by atoms with E-state index in [1.807, 2.05) is 4.90 Å². The van der Waals surface area contributed by atoms with Gasteiger partial charge in [-0.25, -0.2) is 0 Å². The molecule has 0 radical (unpaired) electrons. The summed E-state index contributed by atoms with van der Waals surface area (Å²) in [5, 5.41) is 3.39. The molecule has 2 saturated heterocycles. The van der Waals surface area contributed by atoms with E-state index < -0.39 is 0 Å². The number of anilines is 1. The van der Waals surface area contributed by atoms with Crippen LogP contribution in [0.25, 0.3) is 0 Å². The van der Waals surface area contributed by atoms with Crippen molar-refractivity contribution in [3.8, 4) is 0 Å². The minimum Gasteiger partial charge on any atom is -0.378 e. The van der Waals surface area contributed by atoms with Crippen molar-refractivity contribution in [2.24, 2.45) is 5.92 Å². The lowest BCUT2D eigenvalue weighted by atomic mass is 9.83. The monoisotopic (exact) mass is 440 g/mol. The normalized spacial score (nSPS) is 26.9. The lowest BCUT2D eigenvalue weighted by Gasteiger charge is -2.49. The molecule has 3 fully saturated rings. The summed E-state index contributed by atoms with van der Waals surface area (Å²) in [5.74, 6) is 0.303. The van der Waals surface area contributed by atoms with E-state index in [2.05, 4.69) is 39.4 Å². The SMILES string of the molecule is O=C(NC1CCCCC1)[C@H]1Cc2ccccc2N2CCN(CC(=O)N3CCOCC3)C[C@@H]12. The number of para-hydroxylation sites is 1. The van der Waals surface area contributed by atoms with Crippen molar-refractivity contribution in [1.82, 2.24) is 15.1 Å². The zero-order valence-electron chi connectivity index (χ0n) is 19.0. The van der Waals surface area contributed by atoms with Gasteiger partial charge >= 0.3 is 0 Å². The van der Waals surface area contributed by atoms with Gasteiger partial charge < -0.3 is 19.9 Å². The fourth-order valence-electron chi connectivity index (χ4n) is 5.92. The third kappa shape index (κ3) is 4.64. The summed E-state index contributed by atoms with van der Waals surface area (Å²) in [4.78, 5) is 32.9. The second kappa shape index (κ2) is 9.79.